The van der Waals surface area contributed by atoms with Gasteiger partial charge in [-0.2, -0.15) is 0 Å². The maximum absolute atomic E-state index is 10.6. The minimum atomic E-state index is -0.778. The Balaban J connectivity index is 4.39. The molecule has 0 spiro atoms. The van der Waals surface area contributed by atoms with Crippen molar-refractivity contribution in [2.75, 3.05) is 0 Å². The number of carbonyl (C=O) groups is 2. The van der Waals surface area contributed by atoms with Crippen LogP contribution in [0.5, 0.6) is 0 Å². The van der Waals surface area contributed by atoms with Crippen LogP contribution >= 0.6 is 0 Å². The van der Waals surface area contributed by atoms with Crippen LogP contribution in [0.3, 0.4) is 0 Å². The van der Waals surface area contributed by atoms with E-state index in [1.807, 2.05) is 0 Å². The zero-order valence-electron chi connectivity index (χ0n) is 6.39. The molecule has 1 atom stereocenters. The van der Waals surface area contributed by atoms with Crippen molar-refractivity contribution < 1.29 is 9.59 Å². The van der Waals surface area contributed by atoms with E-state index in [-0.39, 0.29) is 5.71 Å². The predicted octanol–water partition coefficient (Wildman–Crippen LogP) is -0.0791. The molecule has 1 radical (unpaired) electrons. The number of nitrogens with two attached hydrogens (primary N) is 1. The maximum atomic E-state index is 10.6. The molecule has 0 saturated carbocycles. The fourth-order valence-corrected chi connectivity index (χ4v) is 0.742. The van der Waals surface area contributed by atoms with E-state index < -0.39 is 17.6 Å². The largest absolute Gasteiger partial charge is 0.369 e. The molecule has 0 bridgehead atoms. The van der Waals surface area contributed by atoms with Gasteiger partial charge >= 0.3 is 0 Å². The highest BCUT2D eigenvalue weighted by Crippen LogP contribution is 2.03. The van der Waals surface area contributed by atoms with E-state index in [1.165, 1.54) is 0 Å². The smallest absolute Gasteiger partial charge is 0.226 e. The molecule has 0 aromatic rings. The number of primary amides is 1. The van der Waals surface area contributed by atoms with E-state index in [0.29, 0.717) is 6.42 Å². The molecule has 11 heavy (non-hydrogen) atoms. The Morgan fingerprint density at radius 1 is 1.64 bits per heavy atom. The van der Waals surface area contributed by atoms with Crippen molar-refractivity contribution in [3.8, 4) is 0 Å². The molecule has 0 heterocycles. The predicted molar refractivity (Wildman–Crippen MR) is 41.1 cm³/mol. The molecule has 0 aromatic carbocycles. The molecular formula is C7H11N2O2. The van der Waals surface area contributed by atoms with Crippen LogP contribution < -0.4 is 5.73 Å². The zero-order chi connectivity index (χ0) is 9.02. The van der Waals surface area contributed by atoms with Crippen LogP contribution in [-0.2, 0) is 9.59 Å². The highest BCUT2D eigenvalue weighted by atomic mass is 16.1. The van der Waals surface area contributed by atoms with Gasteiger partial charge in [-0.3, -0.25) is 9.59 Å². The van der Waals surface area contributed by atoms with E-state index >= 15 is 0 Å². The Hall–Kier alpha value is -1.19. The first kappa shape index (κ1) is 9.81. The molecule has 4 heteroatoms. The van der Waals surface area contributed by atoms with E-state index in [4.69, 9.17) is 11.1 Å². The van der Waals surface area contributed by atoms with Gasteiger partial charge in [0.1, 0.15) is 0 Å². The molecule has 61 valence electrons. The Bertz CT molecular complexity index is 199. The summed E-state index contributed by atoms with van der Waals surface area (Å²) in [6.45, 7) is 4.71. The third kappa shape index (κ3) is 2.49. The lowest BCUT2D eigenvalue weighted by Crippen LogP contribution is -2.32. The van der Waals surface area contributed by atoms with Crippen molar-refractivity contribution in [3.63, 3.8) is 0 Å². The number of nitrogens with one attached hydrogen (secondary N) is 1. The maximum Gasteiger partial charge on any atom is 0.226 e. The first-order valence-corrected chi connectivity index (χ1v) is 3.24. The van der Waals surface area contributed by atoms with Crippen LogP contribution in [0.2, 0.25) is 0 Å². The summed E-state index contributed by atoms with van der Waals surface area (Å²) >= 11 is 0. The number of rotatable bonds is 4. The second-order valence-electron chi connectivity index (χ2n) is 2.20. The van der Waals surface area contributed by atoms with Crippen molar-refractivity contribution in [3.05, 3.63) is 6.92 Å². The van der Waals surface area contributed by atoms with Gasteiger partial charge in [0.25, 0.3) is 0 Å². The summed E-state index contributed by atoms with van der Waals surface area (Å²) in [4.78, 5) is 21.1. The minimum absolute atomic E-state index is 0.306. The Kier molecular flexibility index (Phi) is 3.44. The number of hydrogen-bond acceptors (Lipinski definition) is 3. The molecule has 3 N–H and O–H groups in total. The lowest BCUT2D eigenvalue weighted by molar-refractivity contribution is -0.120. The number of ketones is 1. The molecule has 1 unspecified atom stereocenters. The lowest BCUT2D eigenvalue weighted by Gasteiger charge is -2.08. The molecule has 0 aromatic heterocycles. The van der Waals surface area contributed by atoms with Gasteiger partial charge in [0.15, 0.2) is 5.78 Å². The summed E-state index contributed by atoms with van der Waals surface area (Å²) < 4.78 is 0. The molecular weight excluding hydrogens is 144 g/mol. The molecule has 1 amide bonds. The van der Waals surface area contributed by atoms with E-state index in [1.54, 1.807) is 6.92 Å². The summed E-state index contributed by atoms with van der Waals surface area (Å²) in [7, 11) is 0. The third-order valence-electron chi connectivity index (χ3n) is 1.40. The summed E-state index contributed by atoms with van der Waals surface area (Å²) in [5.74, 6) is -2.06. The van der Waals surface area contributed by atoms with Crippen molar-refractivity contribution >= 4 is 17.4 Å². The average molecular weight is 155 g/mol. The number of Topliss-reactive ketones (excluding diaryl/α,β-unsaturated/α-hetero) is 1. The van der Waals surface area contributed by atoms with Crippen LogP contribution in [-0.4, -0.2) is 17.4 Å². The molecule has 0 aliphatic heterocycles. The first-order valence-electron chi connectivity index (χ1n) is 3.24. The van der Waals surface area contributed by atoms with Crippen LogP contribution in [0, 0.1) is 18.3 Å². The standard InChI is InChI=1S/C7H11N2O2/c1-3-5(7(9)11)6(8)4(2)10/h5,8H,2-3H2,1H3,(H2,9,11). The van der Waals surface area contributed by atoms with Gasteiger partial charge in [-0.05, 0) is 6.42 Å². The lowest BCUT2D eigenvalue weighted by atomic mass is 9.97. The van der Waals surface area contributed by atoms with Crippen LogP contribution in [0.4, 0.5) is 0 Å². The third-order valence-corrected chi connectivity index (χ3v) is 1.40. The average Bonchev–Trinajstić information content (AvgIpc) is 1.88. The monoisotopic (exact) mass is 155 g/mol. The van der Waals surface area contributed by atoms with Crippen molar-refractivity contribution in [2.45, 2.75) is 13.3 Å². The van der Waals surface area contributed by atoms with Crippen LogP contribution in [0.1, 0.15) is 13.3 Å². The first-order chi connectivity index (χ1) is 5.00. The number of amides is 1. The van der Waals surface area contributed by atoms with Crippen LogP contribution in [0.15, 0.2) is 0 Å². The second-order valence-corrected chi connectivity index (χ2v) is 2.20. The van der Waals surface area contributed by atoms with Gasteiger partial charge in [-0.1, -0.05) is 6.92 Å². The van der Waals surface area contributed by atoms with Crippen molar-refractivity contribution in [2.24, 2.45) is 11.7 Å². The number of hydrogen-bond donors (Lipinski definition) is 2. The molecule has 0 rings (SSSR count). The Morgan fingerprint density at radius 2 is 2.09 bits per heavy atom. The van der Waals surface area contributed by atoms with Gasteiger partial charge in [0.2, 0.25) is 5.91 Å². The molecule has 4 nitrogen and oxygen atoms in total. The summed E-state index contributed by atoms with van der Waals surface area (Å²) in [6, 6.07) is 0. The summed E-state index contributed by atoms with van der Waals surface area (Å²) in [6.07, 6.45) is 0.370. The van der Waals surface area contributed by atoms with Gasteiger partial charge in [0, 0.05) is 6.92 Å². The van der Waals surface area contributed by atoms with Gasteiger partial charge in [-0.15, -0.1) is 0 Å². The number of carbonyl (C=O) groups excluding carboxylic acids is 2. The van der Waals surface area contributed by atoms with E-state index in [0.717, 1.165) is 0 Å². The SMILES string of the molecule is [CH2]C(=O)C(=N)C(CC)C(N)=O. The topological polar surface area (TPSA) is 84.0 Å². The molecule has 0 aliphatic carbocycles. The van der Waals surface area contributed by atoms with Gasteiger partial charge < -0.3 is 11.1 Å². The minimum Gasteiger partial charge on any atom is -0.369 e. The Labute approximate surface area is 65.3 Å². The van der Waals surface area contributed by atoms with Gasteiger partial charge in [-0.25, -0.2) is 0 Å². The summed E-state index contributed by atoms with van der Waals surface area (Å²) in [5, 5.41) is 7.12. The molecule has 0 aliphatic rings. The quantitative estimate of drug-likeness (QED) is 0.556. The second kappa shape index (κ2) is 3.85. The van der Waals surface area contributed by atoms with E-state index in [9.17, 15) is 9.59 Å². The highest BCUT2D eigenvalue weighted by Gasteiger charge is 2.21. The van der Waals surface area contributed by atoms with E-state index in [2.05, 4.69) is 6.92 Å². The fraction of sp³-hybridized carbons (Fsp3) is 0.429. The molecule has 0 fully saturated rings. The Morgan fingerprint density at radius 3 is 2.18 bits per heavy atom. The van der Waals surface area contributed by atoms with Gasteiger partial charge in [0.05, 0.1) is 11.6 Å². The zero-order valence-corrected chi connectivity index (χ0v) is 6.39. The summed E-state index contributed by atoms with van der Waals surface area (Å²) in [5.41, 5.74) is 4.62. The highest BCUT2D eigenvalue weighted by molar-refractivity contribution is 6.44. The van der Waals surface area contributed by atoms with Crippen molar-refractivity contribution in [1.82, 2.24) is 0 Å². The normalized spacial score (nSPS) is 12.2. The van der Waals surface area contributed by atoms with Crippen LogP contribution in [0.25, 0.3) is 0 Å². The fourth-order valence-electron chi connectivity index (χ4n) is 0.742. The van der Waals surface area contributed by atoms with Crippen molar-refractivity contribution in [1.29, 1.82) is 5.41 Å². The molecule has 0 saturated heterocycles.